The summed E-state index contributed by atoms with van der Waals surface area (Å²) in [4.78, 5) is 1.57. The van der Waals surface area contributed by atoms with Crippen LogP contribution < -0.4 is 0 Å². The highest BCUT2D eigenvalue weighted by Crippen LogP contribution is 2.52. The highest BCUT2D eigenvalue weighted by Gasteiger charge is 2.43. The van der Waals surface area contributed by atoms with Gasteiger partial charge in [-0.25, -0.2) is 0 Å². The van der Waals surface area contributed by atoms with Gasteiger partial charge in [0.2, 0.25) is 0 Å². The molecule has 2 atom stereocenters. The number of hydrogen-bond acceptors (Lipinski definition) is 4. The van der Waals surface area contributed by atoms with Crippen LogP contribution in [0.3, 0.4) is 0 Å². The molecular formula is C38H55N3O2. The summed E-state index contributed by atoms with van der Waals surface area (Å²) in [6.45, 7) is 27.1. The molecule has 1 aliphatic rings. The molecule has 1 aromatic heterocycles. The number of fused-ring (bicyclic) bond motifs is 1. The first-order chi connectivity index (χ1) is 19.7. The van der Waals surface area contributed by atoms with Gasteiger partial charge in [-0.15, -0.1) is 15.0 Å². The van der Waals surface area contributed by atoms with Gasteiger partial charge in [0.15, 0.2) is 0 Å². The number of phenolic OH excluding ortho intramolecular Hbond substituents is 1. The van der Waals surface area contributed by atoms with Crippen LogP contribution in [0.25, 0.3) is 16.7 Å². The summed E-state index contributed by atoms with van der Waals surface area (Å²) >= 11 is 0. The maximum Gasteiger partial charge on any atom is 0.146 e. The molecule has 43 heavy (non-hydrogen) atoms. The Morgan fingerprint density at radius 2 is 1.42 bits per heavy atom. The van der Waals surface area contributed by atoms with Crippen molar-refractivity contribution < 1.29 is 10.2 Å². The summed E-state index contributed by atoms with van der Waals surface area (Å²) in [7, 11) is 0. The van der Waals surface area contributed by atoms with Crippen LogP contribution in [0.4, 0.5) is 0 Å². The molecule has 0 amide bonds. The summed E-state index contributed by atoms with van der Waals surface area (Å²) in [6.07, 6.45) is 7.23. The van der Waals surface area contributed by atoms with Crippen LogP contribution in [0.1, 0.15) is 113 Å². The van der Waals surface area contributed by atoms with Crippen LogP contribution in [0, 0.1) is 21.7 Å². The Morgan fingerprint density at radius 3 is 1.93 bits per heavy atom. The van der Waals surface area contributed by atoms with E-state index in [1.807, 2.05) is 30.3 Å². The molecule has 1 heterocycles. The first-order valence-electron chi connectivity index (χ1n) is 16.1. The van der Waals surface area contributed by atoms with E-state index in [9.17, 15) is 10.2 Å². The van der Waals surface area contributed by atoms with Crippen molar-refractivity contribution in [2.75, 3.05) is 0 Å². The first kappa shape index (κ1) is 33.0. The highest BCUT2D eigenvalue weighted by atomic mass is 16.3. The fraction of sp³-hybridized carbons (Fsp3) is 0.579. The molecule has 0 bridgehead atoms. The van der Waals surface area contributed by atoms with Gasteiger partial charge in [0, 0.05) is 11.0 Å². The molecule has 2 N–H and O–H groups in total. The quantitative estimate of drug-likeness (QED) is 0.245. The van der Waals surface area contributed by atoms with E-state index in [0.29, 0.717) is 12.1 Å². The summed E-state index contributed by atoms with van der Waals surface area (Å²) in [5.41, 5.74) is 5.56. The van der Waals surface area contributed by atoms with Gasteiger partial charge in [-0.05, 0) is 82.3 Å². The minimum absolute atomic E-state index is 0.0176. The fourth-order valence-corrected chi connectivity index (χ4v) is 6.77. The lowest BCUT2D eigenvalue weighted by Gasteiger charge is -2.47. The largest absolute Gasteiger partial charge is 0.505 e. The van der Waals surface area contributed by atoms with E-state index in [0.717, 1.165) is 52.6 Å². The molecule has 3 aromatic rings. The number of phenols is 1. The minimum atomic E-state index is -0.713. The first-order valence-corrected chi connectivity index (χ1v) is 16.1. The lowest BCUT2D eigenvalue weighted by molar-refractivity contribution is 0.153. The standard InChI is InChI=1S/C38H55N3O2/c1-13-35(6,7)28-23-38(12,37(10,11)14-2)22-26(32(28)42)19-25-20-27(36(8,9)24-34(3,4)5)21-31(33(25)43)41-39-29-17-15-16-18-30(29)40-41/h15-18,20-23,32,42-43H,13-14,19,24H2,1-12H3. The summed E-state index contributed by atoms with van der Waals surface area (Å²) < 4.78 is 0. The monoisotopic (exact) mass is 585 g/mol. The van der Waals surface area contributed by atoms with Gasteiger partial charge in [0.1, 0.15) is 22.5 Å². The Bertz CT molecular complexity index is 1510. The normalized spacial score (nSPS) is 20.3. The van der Waals surface area contributed by atoms with Crippen LogP contribution in [0.15, 0.2) is 59.7 Å². The van der Waals surface area contributed by atoms with Crippen LogP contribution in [-0.2, 0) is 11.8 Å². The molecule has 4 rings (SSSR count). The van der Waals surface area contributed by atoms with E-state index >= 15 is 0 Å². The zero-order valence-corrected chi connectivity index (χ0v) is 28.8. The molecule has 234 valence electrons. The molecule has 2 aromatic carbocycles. The Kier molecular flexibility index (Phi) is 8.60. The second kappa shape index (κ2) is 11.2. The number of aromatic hydroxyl groups is 1. The number of nitrogens with zero attached hydrogens (tertiary/aromatic N) is 3. The second-order valence-corrected chi connectivity index (χ2v) is 16.3. The zero-order valence-electron chi connectivity index (χ0n) is 28.8. The number of rotatable bonds is 9. The third-order valence-electron chi connectivity index (χ3n) is 10.4. The minimum Gasteiger partial charge on any atom is -0.505 e. The number of aliphatic hydroxyl groups is 1. The van der Waals surface area contributed by atoms with E-state index < -0.39 is 6.10 Å². The van der Waals surface area contributed by atoms with Crippen molar-refractivity contribution in [1.82, 2.24) is 15.0 Å². The summed E-state index contributed by atoms with van der Waals surface area (Å²) in [5, 5.41) is 33.3. The SMILES string of the molecule is CCC(C)(C)C1=CC(C)(C(C)(C)CC)C=C(Cc2cc(C(C)(C)CC(C)(C)C)cc(-n3nc4ccccc4n3)c2O)C1O. The second-order valence-electron chi connectivity index (χ2n) is 16.3. The number of allylic oxidation sites excluding steroid dienone is 2. The topological polar surface area (TPSA) is 71.2 Å². The lowest BCUT2D eigenvalue weighted by atomic mass is 9.59. The van der Waals surface area contributed by atoms with E-state index in [1.165, 1.54) is 0 Å². The average molecular weight is 586 g/mol. The predicted molar refractivity (Wildman–Crippen MR) is 180 cm³/mol. The van der Waals surface area contributed by atoms with Crippen molar-refractivity contribution in [3.8, 4) is 11.4 Å². The average Bonchev–Trinajstić information content (AvgIpc) is 3.34. The third kappa shape index (κ3) is 6.48. The molecule has 0 saturated carbocycles. The Labute approximate surface area is 260 Å². The number of aromatic nitrogens is 3. The van der Waals surface area contributed by atoms with Crippen molar-refractivity contribution in [1.29, 1.82) is 0 Å². The van der Waals surface area contributed by atoms with Crippen molar-refractivity contribution in [3.05, 3.63) is 70.8 Å². The Balaban J connectivity index is 1.92. The van der Waals surface area contributed by atoms with E-state index in [-0.39, 0.29) is 32.8 Å². The van der Waals surface area contributed by atoms with Crippen LogP contribution in [-0.4, -0.2) is 31.3 Å². The maximum atomic E-state index is 11.9. The molecule has 0 fully saturated rings. The maximum absolute atomic E-state index is 11.9. The molecular weight excluding hydrogens is 530 g/mol. The lowest BCUT2D eigenvalue weighted by Crippen LogP contribution is -2.39. The number of benzene rings is 2. The fourth-order valence-electron chi connectivity index (χ4n) is 6.77. The smallest absolute Gasteiger partial charge is 0.146 e. The Hall–Kier alpha value is -2.92. The van der Waals surface area contributed by atoms with E-state index in [1.54, 1.807) is 4.80 Å². The molecule has 0 saturated heterocycles. The van der Waals surface area contributed by atoms with Gasteiger partial charge in [-0.2, -0.15) is 0 Å². The molecule has 0 aliphatic heterocycles. The van der Waals surface area contributed by atoms with E-state index in [2.05, 4.69) is 101 Å². The van der Waals surface area contributed by atoms with Crippen molar-refractivity contribution in [2.45, 2.75) is 120 Å². The van der Waals surface area contributed by atoms with Gasteiger partial charge in [0.05, 0.1) is 6.10 Å². The van der Waals surface area contributed by atoms with Crippen LogP contribution in [0.5, 0.6) is 5.75 Å². The van der Waals surface area contributed by atoms with Gasteiger partial charge in [-0.1, -0.05) is 113 Å². The van der Waals surface area contributed by atoms with E-state index in [4.69, 9.17) is 10.2 Å². The number of hydrogen-bond donors (Lipinski definition) is 2. The van der Waals surface area contributed by atoms with Crippen molar-refractivity contribution >= 4 is 11.0 Å². The Morgan fingerprint density at radius 1 is 0.837 bits per heavy atom. The molecule has 0 radical (unpaired) electrons. The molecule has 0 spiro atoms. The van der Waals surface area contributed by atoms with Crippen molar-refractivity contribution in [2.24, 2.45) is 21.7 Å². The van der Waals surface area contributed by atoms with Gasteiger partial charge in [0.25, 0.3) is 0 Å². The highest BCUT2D eigenvalue weighted by molar-refractivity contribution is 5.74. The molecule has 1 aliphatic carbocycles. The van der Waals surface area contributed by atoms with Crippen LogP contribution in [0.2, 0.25) is 0 Å². The number of aliphatic hydroxyl groups excluding tert-OH is 1. The predicted octanol–water partition coefficient (Wildman–Crippen LogP) is 9.49. The molecule has 2 unspecified atom stereocenters. The summed E-state index contributed by atoms with van der Waals surface area (Å²) in [5.74, 6) is 0.158. The van der Waals surface area contributed by atoms with Crippen LogP contribution >= 0.6 is 0 Å². The summed E-state index contributed by atoms with van der Waals surface area (Å²) in [6, 6.07) is 12.0. The molecule has 5 nitrogen and oxygen atoms in total. The van der Waals surface area contributed by atoms with Gasteiger partial charge >= 0.3 is 0 Å². The van der Waals surface area contributed by atoms with Gasteiger partial charge < -0.3 is 10.2 Å². The van der Waals surface area contributed by atoms with Gasteiger partial charge in [-0.3, -0.25) is 0 Å². The zero-order chi connectivity index (χ0) is 32.2. The third-order valence-corrected chi connectivity index (χ3v) is 10.4. The molecule has 5 heteroatoms. The van der Waals surface area contributed by atoms with Crippen molar-refractivity contribution in [3.63, 3.8) is 0 Å².